The molecular weight excluding hydrogens is 510 g/mol. The molecule has 0 bridgehead atoms. The monoisotopic (exact) mass is 536 g/mol. The van der Waals surface area contributed by atoms with Crippen LogP contribution in [0.3, 0.4) is 0 Å². The largest absolute Gasteiger partial charge is 0.486 e. The van der Waals surface area contributed by atoms with Crippen molar-refractivity contribution in [1.82, 2.24) is 10.6 Å². The summed E-state index contributed by atoms with van der Waals surface area (Å²) in [5.41, 5.74) is 0.964. The first kappa shape index (κ1) is 25.1. The van der Waals surface area contributed by atoms with E-state index in [4.69, 9.17) is 9.88 Å². The number of sulfonamides is 1. The zero-order valence-electron chi connectivity index (χ0n) is 16.3. The molecule has 10 heteroatoms. The molecule has 0 aromatic heterocycles. The van der Waals surface area contributed by atoms with Crippen LogP contribution in [0, 0.1) is 5.82 Å². The van der Waals surface area contributed by atoms with Crippen molar-refractivity contribution in [2.45, 2.75) is 24.3 Å². The van der Waals surface area contributed by atoms with Crippen molar-refractivity contribution >= 4 is 40.0 Å². The molecule has 0 heterocycles. The van der Waals surface area contributed by atoms with Crippen LogP contribution in [0.4, 0.5) is 4.39 Å². The minimum Gasteiger partial charge on any atom is -0.486 e. The Labute approximate surface area is 188 Å². The standard InChI is InChI=1S/C19H25FN4O3S.HI/c1-14(27-18-6-4-3-5-17(18)20)13-24-19(22-2)23-12-11-15-7-9-16(10-8-15)28(21,25)26;/h3-10,14H,11-13H2,1-2H3,(H2,21,25,26)(H2,22,23,24);1H. The predicted molar refractivity (Wildman–Crippen MR) is 123 cm³/mol. The first-order chi connectivity index (χ1) is 13.3. The molecule has 0 aliphatic rings. The molecule has 0 spiro atoms. The molecule has 2 aromatic carbocycles. The number of nitrogens with two attached hydrogens (primary N) is 1. The summed E-state index contributed by atoms with van der Waals surface area (Å²) in [6.07, 6.45) is 0.411. The Morgan fingerprint density at radius 1 is 1.17 bits per heavy atom. The van der Waals surface area contributed by atoms with Gasteiger partial charge in [-0.3, -0.25) is 4.99 Å². The molecule has 29 heavy (non-hydrogen) atoms. The van der Waals surface area contributed by atoms with Crippen LogP contribution in [0.15, 0.2) is 58.4 Å². The SMILES string of the molecule is CN=C(NCCc1ccc(S(N)(=O)=O)cc1)NCC(C)Oc1ccccc1F.I. The number of primary sulfonamides is 1. The number of rotatable bonds is 8. The number of aliphatic imine (C=N–C) groups is 1. The quantitative estimate of drug-likeness (QED) is 0.273. The number of ether oxygens (including phenoxy) is 1. The van der Waals surface area contributed by atoms with Crippen molar-refractivity contribution in [3.05, 3.63) is 59.9 Å². The summed E-state index contributed by atoms with van der Waals surface area (Å²) in [6, 6.07) is 12.7. The molecule has 160 valence electrons. The van der Waals surface area contributed by atoms with Crippen LogP contribution in [0.25, 0.3) is 0 Å². The molecule has 0 aliphatic heterocycles. The summed E-state index contributed by atoms with van der Waals surface area (Å²) < 4.78 is 41.7. The molecule has 0 radical (unpaired) electrons. The summed E-state index contributed by atoms with van der Waals surface area (Å²) in [6.45, 7) is 2.87. The van der Waals surface area contributed by atoms with Crippen molar-refractivity contribution in [2.24, 2.45) is 10.1 Å². The van der Waals surface area contributed by atoms with E-state index in [9.17, 15) is 12.8 Å². The molecule has 0 aliphatic carbocycles. The van der Waals surface area contributed by atoms with E-state index in [2.05, 4.69) is 15.6 Å². The molecule has 0 amide bonds. The Bertz CT molecular complexity index is 908. The highest BCUT2D eigenvalue weighted by Crippen LogP contribution is 2.16. The van der Waals surface area contributed by atoms with E-state index >= 15 is 0 Å². The molecule has 4 N–H and O–H groups in total. The van der Waals surface area contributed by atoms with Crippen LogP contribution < -0.4 is 20.5 Å². The van der Waals surface area contributed by atoms with Crippen LogP contribution in [-0.2, 0) is 16.4 Å². The Kier molecular flexibility index (Phi) is 10.3. The first-order valence-corrected chi connectivity index (χ1v) is 10.3. The number of para-hydroxylation sites is 1. The lowest BCUT2D eigenvalue weighted by Crippen LogP contribution is -2.42. The predicted octanol–water partition coefficient (Wildman–Crippen LogP) is 2.27. The van der Waals surface area contributed by atoms with Gasteiger partial charge in [0.15, 0.2) is 17.5 Å². The van der Waals surface area contributed by atoms with Crippen LogP contribution in [-0.4, -0.2) is 40.6 Å². The summed E-state index contributed by atoms with van der Waals surface area (Å²) in [5, 5.41) is 11.4. The van der Waals surface area contributed by atoms with Crippen LogP contribution >= 0.6 is 24.0 Å². The first-order valence-electron chi connectivity index (χ1n) is 8.77. The van der Waals surface area contributed by atoms with Gasteiger partial charge in [-0.05, 0) is 43.2 Å². The number of guanidine groups is 1. The second kappa shape index (κ2) is 11.9. The second-order valence-electron chi connectivity index (χ2n) is 6.18. The molecule has 0 saturated carbocycles. The average Bonchev–Trinajstić information content (AvgIpc) is 2.66. The van der Waals surface area contributed by atoms with E-state index in [1.807, 2.05) is 6.92 Å². The maximum atomic E-state index is 13.6. The zero-order chi connectivity index (χ0) is 20.6. The smallest absolute Gasteiger partial charge is 0.238 e. The normalized spacial score (nSPS) is 12.6. The van der Waals surface area contributed by atoms with E-state index < -0.39 is 15.8 Å². The Morgan fingerprint density at radius 2 is 1.83 bits per heavy atom. The number of nitrogens with zero attached hydrogens (tertiary/aromatic N) is 1. The minimum atomic E-state index is -3.68. The van der Waals surface area contributed by atoms with E-state index in [-0.39, 0.29) is 40.7 Å². The van der Waals surface area contributed by atoms with Gasteiger partial charge in [0.05, 0.1) is 11.4 Å². The lowest BCUT2D eigenvalue weighted by molar-refractivity contribution is 0.214. The van der Waals surface area contributed by atoms with Crippen LogP contribution in [0.2, 0.25) is 0 Å². The molecule has 0 fully saturated rings. The summed E-state index contributed by atoms with van der Waals surface area (Å²) in [5.74, 6) is 0.401. The van der Waals surface area contributed by atoms with Crippen molar-refractivity contribution in [1.29, 1.82) is 0 Å². The lowest BCUT2D eigenvalue weighted by atomic mass is 10.1. The number of hydrogen-bond donors (Lipinski definition) is 3. The summed E-state index contributed by atoms with van der Waals surface area (Å²) in [4.78, 5) is 4.22. The van der Waals surface area contributed by atoms with Gasteiger partial charge in [0, 0.05) is 13.6 Å². The highest BCUT2D eigenvalue weighted by Gasteiger charge is 2.09. The molecule has 7 nitrogen and oxygen atoms in total. The van der Waals surface area contributed by atoms with Gasteiger partial charge in [0.25, 0.3) is 0 Å². The van der Waals surface area contributed by atoms with E-state index in [0.717, 1.165) is 5.56 Å². The van der Waals surface area contributed by atoms with Gasteiger partial charge in [-0.15, -0.1) is 24.0 Å². The molecule has 0 saturated heterocycles. The number of benzene rings is 2. The van der Waals surface area contributed by atoms with E-state index in [1.54, 1.807) is 37.4 Å². The highest BCUT2D eigenvalue weighted by atomic mass is 127. The maximum absolute atomic E-state index is 13.6. The van der Waals surface area contributed by atoms with Crippen molar-refractivity contribution in [3.8, 4) is 5.75 Å². The van der Waals surface area contributed by atoms with E-state index in [1.165, 1.54) is 18.2 Å². The third-order valence-corrected chi connectivity index (χ3v) is 4.83. The van der Waals surface area contributed by atoms with Gasteiger partial charge in [0.2, 0.25) is 10.0 Å². The molecular formula is C19H26FIN4O3S. The average molecular weight is 536 g/mol. The number of halogens is 2. The third-order valence-electron chi connectivity index (χ3n) is 3.90. The molecule has 2 rings (SSSR count). The minimum absolute atomic E-state index is 0. The second-order valence-corrected chi connectivity index (χ2v) is 7.74. The molecule has 2 aromatic rings. The van der Waals surface area contributed by atoms with E-state index in [0.29, 0.717) is 25.5 Å². The fraction of sp³-hybridized carbons (Fsp3) is 0.316. The summed E-state index contributed by atoms with van der Waals surface area (Å²) >= 11 is 0. The summed E-state index contributed by atoms with van der Waals surface area (Å²) in [7, 11) is -2.03. The fourth-order valence-electron chi connectivity index (χ4n) is 2.43. The molecule has 1 atom stereocenters. The zero-order valence-corrected chi connectivity index (χ0v) is 19.4. The Hall–Kier alpha value is -1.92. The van der Waals surface area contributed by atoms with Gasteiger partial charge >= 0.3 is 0 Å². The lowest BCUT2D eigenvalue weighted by Gasteiger charge is -2.18. The Morgan fingerprint density at radius 3 is 2.41 bits per heavy atom. The van der Waals surface area contributed by atoms with Crippen LogP contribution in [0.1, 0.15) is 12.5 Å². The molecule has 1 unspecified atom stereocenters. The van der Waals surface area contributed by atoms with Gasteiger partial charge in [-0.25, -0.2) is 17.9 Å². The topological polar surface area (TPSA) is 106 Å². The van der Waals surface area contributed by atoms with Gasteiger partial charge in [-0.1, -0.05) is 24.3 Å². The van der Waals surface area contributed by atoms with Crippen LogP contribution in [0.5, 0.6) is 5.75 Å². The van der Waals surface area contributed by atoms with Crippen molar-refractivity contribution in [2.75, 3.05) is 20.1 Å². The van der Waals surface area contributed by atoms with Crippen molar-refractivity contribution in [3.63, 3.8) is 0 Å². The van der Waals surface area contributed by atoms with Gasteiger partial charge in [-0.2, -0.15) is 0 Å². The van der Waals surface area contributed by atoms with Gasteiger partial charge < -0.3 is 15.4 Å². The number of hydrogen-bond acceptors (Lipinski definition) is 4. The number of nitrogens with one attached hydrogen (secondary N) is 2. The maximum Gasteiger partial charge on any atom is 0.238 e. The van der Waals surface area contributed by atoms with Gasteiger partial charge in [0.1, 0.15) is 6.10 Å². The fourth-order valence-corrected chi connectivity index (χ4v) is 2.95. The highest BCUT2D eigenvalue weighted by molar-refractivity contribution is 14.0. The van der Waals surface area contributed by atoms with Crippen molar-refractivity contribution < 1.29 is 17.5 Å². The Balaban J connectivity index is 0.00000420. The third kappa shape index (κ3) is 8.54.